The van der Waals surface area contributed by atoms with Crippen LogP contribution in [0.5, 0.6) is 0 Å². The van der Waals surface area contributed by atoms with Gasteiger partial charge in [0.2, 0.25) is 10.0 Å². The van der Waals surface area contributed by atoms with E-state index in [1.807, 2.05) is 19.2 Å². The molecular weight excluding hydrogens is 477 g/mol. The first-order valence-electron chi connectivity index (χ1n) is 9.30. The van der Waals surface area contributed by atoms with Crippen LogP contribution in [0.1, 0.15) is 31.2 Å². The third kappa shape index (κ3) is 5.78. The Balaban J connectivity index is 0.00000261. The number of sulfonamides is 1. The molecule has 27 heavy (non-hydrogen) atoms. The average Bonchev–Trinajstić information content (AvgIpc) is 3.13. The summed E-state index contributed by atoms with van der Waals surface area (Å²) in [7, 11) is -1.50. The second-order valence-corrected chi connectivity index (χ2v) is 9.05. The summed E-state index contributed by atoms with van der Waals surface area (Å²) < 4.78 is 27.7. The van der Waals surface area contributed by atoms with Crippen LogP contribution in [-0.4, -0.2) is 62.9 Å². The van der Waals surface area contributed by atoms with Crippen LogP contribution >= 0.6 is 24.0 Å². The predicted molar refractivity (Wildman–Crippen MR) is 119 cm³/mol. The molecule has 0 radical (unpaired) electrons. The summed E-state index contributed by atoms with van der Waals surface area (Å²) in [5.74, 6) is 0.392. The summed E-state index contributed by atoms with van der Waals surface area (Å²) in [4.78, 5) is 6.85. The average molecular weight is 507 g/mol. The van der Waals surface area contributed by atoms with Crippen molar-refractivity contribution in [2.75, 3.05) is 33.2 Å². The molecule has 0 aromatic heterocycles. The molecule has 1 saturated heterocycles. The third-order valence-corrected chi connectivity index (χ3v) is 7.18. The largest absolute Gasteiger partial charge is 0.370 e. The van der Waals surface area contributed by atoms with E-state index in [-0.39, 0.29) is 30.5 Å². The molecule has 3 rings (SSSR count). The molecule has 0 atom stereocenters. The molecule has 0 amide bonds. The van der Waals surface area contributed by atoms with Gasteiger partial charge in [0.15, 0.2) is 5.96 Å². The summed E-state index contributed by atoms with van der Waals surface area (Å²) in [5.41, 5.74) is 6.68. The maximum absolute atomic E-state index is 13.1. The fraction of sp³-hybridized carbons (Fsp3) is 0.611. The normalized spacial score (nSPS) is 20.4. The van der Waals surface area contributed by atoms with E-state index in [0.29, 0.717) is 35.5 Å². The highest BCUT2D eigenvalue weighted by atomic mass is 127. The molecule has 0 unspecified atom stereocenters. The molecule has 152 valence electrons. The van der Waals surface area contributed by atoms with E-state index in [2.05, 4.69) is 15.2 Å². The zero-order valence-electron chi connectivity index (χ0n) is 15.8. The van der Waals surface area contributed by atoms with Gasteiger partial charge in [0, 0.05) is 32.2 Å². The molecule has 7 nitrogen and oxygen atoms in total. The summed E-state index contributed by atoms with van der Waals surface area (Å²) in [6.45, 7) is 2.79. The SMILES string of the molecule is CN1CCN(S(=O)(=O)c2ccccc2CN=C(N)NC2CCCC2)CC1.I. The molecule has 2 aliphatic rings. The maximum Gasteiger partial charge on any atom is 0.243 e. The van der Waals surface area contributed by atoms with E-state index in [1.165, 1.54) is 12.8 Å². The molecule has 0 spiro atoms. The standard InChI is InChI=1S/C18H29N5O2S.HI/c1-22-10-12-23(13-11-22)26(24,25)17-9-5-2-6-15(17)14-20-18(19)21-16-7-3-4-8-16;/h2,5-6,9,16H,3-4,7-8,10-14H2,1H3,(H3,19,20,21);1H. The van der Waals surface area contributed by atoms with Gasteiger partial charge in [0.05, 0.1) is 11.4 Å². The number of likely N-dealkylation sites (N-methyl/N-ethyl adjacent to an activating group) is 1. The topological polar surface area (TPSA) is 91.0 Å². The number of rotatable bonds is 5. The lowest BCUT2D eigenvalue weighted by Crippen LogP contribution is -2.47. The monoisotopic (exact) mass is 507 g/mol. The summed E-state index contributed by atoms with van der Waals surface area (Å²) in [5, 5.41) is 3.24. The Labute approximate surface area is 179 Å². The molecule has 1 saturated carbocycles. The van der Waals surface area contributed by atoms with Crippen molar-refractivity contribution in [3.05, 3.63) is 29.8 Å². The van der Waals surface area contributed by atoms with Crippen molar-refractivity contribution in [3.63, 3.8) is 0 Å². The lowest BCUT2D eigenvalue weighted by atomic mass is 10.2. The highest BCUT2D eigenvalue weighted by Crippen LogP contribution is 2.22. The van der Waals surface area contributed by atoms with Crippen LogP contribution < -0.4 is 11.1 Å². The van der Waals surface area contributed by atoms with Crippen molar-refractivity contribution >= 4 is 40.0 Å². The number of aliphatic imine (C=N–C) groups is 1. The van der Waals surface area contributed by atoms with Gasteiger partial charge >= 0.3 is 0 Å². The Bertz CT molecular complexity index is 742. The zero-order chi connectivity index (χ0) is 18.6. The fourth-order valence-corrected chi connectivity index (χ4v) is 5.19. The van der Waals surface area contributed by atoms with E-state index >= 15 is 0 Å². The lowest BCUT2D eigenvalue weighted by molar-refractivity contribution is 0.222. The number of nitrogens with one attached hydrogen (secondary N) is 1. The van der Waals surface area contributed by atoms with Crippen molar-refractivity contribution in [2.45, 2.75) is 43.2 Å². The molecular formula is C18H30IN5O2S. The van der Waals surface area contributed by atoms with Crippen LogP contribution in [0, 0.1) is 0 Å². The molecule has 1 aliphatic carbocycles. The van der Waals surface area contributed by atoms with Crippen molar-refractivity contribution in [2.24, 2.45) is 10.7 Å². The smallest absolute Gasteiger partial charge is 0.243 e. The Morgan fingerprint density at radius 3 is 2.48 bits per heavy atom. The summed E-state index contributed by atoms with van der Waals surface area (Å²) in [6, 6.07) is 7.47. The van der Waals surface area contributed by atoms with Gasteiger partial charge in [0.1, 0.15) is 0 Å². The number of piperazine rings is 1. The second kappa shape index (κ2) is 10.0. The van der Waals surface area contributed by atoms with Crippen LogP contribution in [0.2, 0.25) is 0 Å². The van der Waals surface area contributed by atoms with Gasteiger partial charge in [-0.05, 0) is 31.5 Å². The van der Waals surface area contributed by atoms with Crippen molar-refractivity contribution < 1.29 is 8.42 Å². The first kappa shape index (κ1) is 22.4. The van der Waals surface area contributed by atoms with E-state index in [0.717, 1.165) is 25.9 Å². The van der Waals surface area contributed by atoms with E-state index in [1.54, 1.807) is 16.4 Å². The molecule has 2 fully saturated rings. The van der Waals surface area contributed by atoms with Crippen molar-refractivity contribution in [3.8, 4) is 0 Å². The van der Waals surface area contributed by atoms with Crippen LogP contribution in [0.4, 0.5) is 0 Å². The van der Waals surface area contributed by atoms with E-state index in [9.17, 15) is 8.42 Å². The van der Waals surface area contributed by atoms with E-state index < -0.39 is 10.0 Å². The number of guanidine groups is 1. The van der Waals surface area contributed by atoms with E-state index in [4.69, 9.17) is 5.73 Å². The molecule has 1 aliphatic heterocycles. The molecule has 0 bridgehead atoms. The zero-order valence-corrected chi connectivity index (χ0v) is 18.9. The predicted octanol–water partition coefficient (Wildman–Crippen LogP) is 1.59. The first-order valence-corrected chi connectivity index (χ1v) is 10.7. The van der Waals surface area contributed by atoms with Gasteiger partial charge in [-0.1, -0.05) is 31.0 Å². The molecule has 1 heterocycles. The fourth-order valence-electron chi connectivity index (χ4n) is 3.55. The molecule has 3 N–H and O–H groups in total. The van der Waals surface area contributed by atoms with Crippen LogP contribution in [-0.2, 0) is 16.6 Å². The number of nitrogens with two attached hydrogens (primary N) is 1. The van der Waals surface area contributed by atoms with Crippen molar-refractivity contribution in [1.29, 1.82) is 0 Å². The number of nitrogens with zero attached hydrogens (tertiary/aromatic N) is 3. The molecule has 1 aromatic carbocycles. The highest BCUT2D eigenvalue weighted by molar-refractivity contribution is 14.0. The Morgan fingerprint density at radius 2 is 1.81 bits per heavy atom. The van der Waals surface area contributed by atoms with Crippen LogP contribution in [0.3, 0.4) is 0 Å². The summed E-state index contributed by atoms with van der Waals surface area (Å²) in [6.07, 6.45) is 4.67. The van der Waals surface area contributed by atoms with Crippen LogP contribution in [0.25, 0.3) is 0 Å². The first-order chi connectivity index (χ1) is 12.5. The Kier molecular flexibility index (Phi) is 8.32. The maximum atomic E-state index is 13.1. The minimum Gasteiger partial charge on any atom is -0.370 e. The third-order valence-electron chi connectivity index (χ3n) is 5.18. The second-order valence-electron chi connectivity index (χ2n) is 7.14. The minimum atomic E-state index is -3.51. The quantitative estimate of drug-likeness (QED) is 0.359. The number of halogens is 1. The van der Waals surface area contributed by atoms with Crippen LogP contribution in [0.15, 0.2) is 34.2 Å². The van der Waals surface area contributed by atoms with Gasteiger partial charge < -0.3 is 16.0 Å². The van der Waals surface area contributed by atoms with Gasteiger partial charge in [-0.3, -0.25) is 0 Å². The van der Waals surface area contributed by atoms with Gasteiger partial charge in [0.25, 0.3) is 0 Å². The van der Waals surface area contributed by atoms with Gasteiger partial charge in [-0.2, -0.15) is 4.31 Å². The van der Waals surface area contributed by atoms with Crippen molar-refractivity contribution in [1.82, 2.24) is 14.5 Å². The Morgan fingerprint density at radius 1 is 1.19 bits per heavy atom. The van der Waals surface area contributed by atoms with Gasteiger partial charge in [-0.25, -0.2) is 13.4 Å². The highest BCUT2D eigenvalue weighted by Gasteiger charge is 2.29. The molecule has 9 heteroatoms. The lowest BCUT2D eigenvalue weighted by Gasteiger charge is -2.32. The minimum absolute atomic E-state index is 0. The number of hydrogen-bond donors (Lipinski definition) is 2. The number of benzene rings is 1. The Hall–Kier alpha value is -0.910. The number of hydrogen-bond acceptors (Lipinski definition) is 4. The summed E-state index contributed by atoms with van der Waals surface area (Å²) >= 11 is 0. The van der Waals surface area contributed by atoms with Gasteiger partial charge in [-0.15, -0.1) is 24.0 Å². The molecule has 1 aromatic rings.